The van der Waals surface area contributed by atoms with Gasteiger partial charge in [-0.1, -0.05) is 6.42 Å². The predicted octanol–water partition coefficient (Wildman–Crippen LogP) is 1.11. The largest absolute Gasteiger partial charge is 0.376 e. The van der Waals surface area contributed by atoms with Gasteiger partial charge in [0.1, 0.15) is 0 Å². The lowest BCUT2D eigenvalue weighted by molar-refractivity contribution is 0.362. The molecule has 0 unspecified atom stereocenters. The molecule has 0 aromatic rings. The molecular weight excluding hydrogens is 176 g/mol. The molecular formula is C7H14N2S2. The molecule has 1 aliphatic carbocycles. The fourth-order valence-corrected chi connectivity index (χ4v) is 2.26. The smallest absolute Gasteiger partial charge is 0.163 e. The Labute approximate surface area is 77.3 Å². The summed E-state index contributed by atoms with van der Waals surface area (Å²) < 4.78 is 0.434. The van der Waals surface area contributed by atoms with Crippen LogP contribution >= 0.6 is 24.0 Å². The maximum atomic E-state index is 5.34. The van der Waals surface area contributed by atoms with Gasteiger partial charge in [0, 0.05) is 11.3 Å². The van der Waals surface area contributed by atoms with E-state index in [0.717, 1.165) is 6.54 Å². The Morgan fingerprint density at radius 1 is 1.73 bits per heavy atom. The molecule has 0 radical (unpaired) electrons. The summed E-state index contributed by atoms with van der Waals surface area (Å²) >= 11 is 6.66. The molecule has 0 aromatic carbocycles. The molecule has 0 heterocycles. The SMILES string of the molecule is CSC1(CNC(N)=S)CCC1. The van der Waals surface area contributed by atoms with Gasteiger partial charge in [0.2, 0.25) is 0 Å². The van der Waals surface area contributed by atoms with E-state index in [2.05, 4.69) is 11.6 Å². The van der Waals surface area contributed by atoms with Gasteiger partial charge in [0.05, 0.1) is 0 Å². The summed E-state index contributed by atoms with van der Waals surface area (Å²) in [7, 11) is 0. The van der Waals surface area contributed by atoms with E-state index in [1.54, 1.807) is 0 Å². The molecule has 0 aliphatic heterocycles. The van der Waals surface area contributed by atoms with E-state index in [1.165, 1.54) is 19.3 Å². The first-order valence-electron chi connectivity index (χ1n) is 3.77. The summed E-state index contributed by atoms with van der Waals surface area (Å²) in [5.74, 6) is 0. The van der Waals surface area contributed by atoms with Gasteiger partial charge in [-0.15, -0.1) is 0 Å². The Morgan fingerprint density at radius 2 is 2.36 bits per heavy atom. The molecule has 3 N–H and O–H groups in total. The molecule has 1 saturated carbocycles. The number of thiocarbonyl (C=S) groups is 1. The number of rotatable bonds is 3. The van der Waals surface area contributed by atoms with Gasteiger partial charge < -0.3 is 11.1 Å². The average molecular weight is 190 g/mol. The fraction of sp³-hybridized carbons (Fsp3) is 0.857. The quantitative estimate of drug-likeness (QED) is 0.654. The Morgan fingerprint density at radius 3 is 2.64 bits per heavy atom. The van der Waals surface area contributed by atoms with Crippen LogP contribution in [0.4, 0.5) is 0 Å². The summed E-state index contributed by atoms with van der Waals surface area (Å²) in [6, 6.07) is 0. The van der Waals surface area contributed by atoms with E-state index in [9.17, 15) is 0 Å². The molecule has 0 spiro atoms. The molecule has 1 fully saturated rings. The Kier molecular flexibility index (Phi) is 3.01. The van der Waals surface area contributed by atoms with Crippen LogP contribution in [0.3, 0.4) is 0 Å². The highest BCUT2D eigenvalue weighted by molar-refractivity contribution is 8.00. The van der Waals surface area contributed by atoms with Gasteiger partial charge in [-0.3, -0.25) is 0 Å². The van der Waals surface area contributed by atoms with Gasteiger partial charge in [-0.2, -0.15) is 11.8 Å². The van der Waals surface area contributed by atoms with Gasteiger partial charge >= 0.3 is 0 Å². The van der Waals surface area contributed by atoms with E-state index in [1.807, 2.05) is 11.8 Å². The summed E-state index contributed by atoms with van der Waals surface area (Å²) in [6.45, 7) is 0.934. The molecule has 0 atom stereocenters. The van der Waals surface area contributed by atoms with Crippen molar-refractivity contribution in [1.82, 2.24) is 5.32 Å². The van der Waals surface area contributed by atoms with Gasteiger partial charge in [-0.05, 0) is 31.3 Å². The van der Waals surface area contributed by atoms with Crippen LogP contribution in [0.15, 0.2) is 0 Å². The second-order valence-corrected chi connectivity index (χ2v) is 4.67. The number of nitrogens with one attached hydrogen (secondary N) is 1. The topological polar surface area (TPSA) is 38.0 Å². The van der Waals surface area contributed by atoms with Crippen LogP contribution < -0.4 is 11.1 Å². The van der Waals surface area contributed by atoms with Crippen molar-refractivity contribution < 1.29 is 0 Å². The average Bonchev–Trinajstić information content (AvgIpc) is 1.86. The van der Waals surface area contributed by atoms with Crippen molar-refractivity contribution >= 4 is 29.1 Å². The molecule has 1 rings (SSSR count). The van der Waals surface area contributed by atoms with Gasteiger partial charge in [0.25, 0.3) is 0 Å². The molecule has 4 heteroatoms. The lowest BCUT2D eigenvalue weighted by Crippen LogP contribution is -2.46. The normalized spacial score (nSPS) is 20.5. The summed E-state index contributed by atoms with van der Waals surface area (Å²) in [4.78, 5) is 0. The van der Waals surface area contributed by atoms with Crippen LogP contribution in [0.1, 0.15) is 19.3 Å². The van der Waals surface area contributed by atoms with E-state index in [-0.39, 0.29) is 0 Å². The van der Waals surface area contributed by atoms with Gasteiger partial charge in [0.15, 0.2) is 5.11 Å². The van der Waals surface area contributed by atoms with E-state index in [4.69, 9.17) is 18.0 Å². The number of hydrogen-bond acceptors (Lipinski definition) is 2. The predicted molar refractivity (Wildman–Crippen MR) is 54.9 cm³/mol. The van der Waals surface area contributed by atoms with E-state index in [0.29, 0.717) is 9.86 Å². The van der Waals surface area contributed by atoms with Gasteiger partial charge in [-0.25, -0.2) is 0 Å². The van der Waals surface area contributed by atoms with Crippen molar-refractivity contribution in [2.75, 3.05) is 12.8 Å². The highest BCUT2D eigenvalue weighted by Crippen LogP contribution is 2.41. The summed E-state index contributed by atoms with van der Waals surface area (Å²) in [6.07, 6.45) is 6.09. The standard InChI is InChI=1S/C7H14N2S2/c1-11-7(3-2-4-7)5-9-6(8)10/h2-5H2,1H3,(H3,8,9,10). The van der Waals surface area contributed by atoms with Crippen molar-refractivity contribution in [2.24, 2.45) is 5.73 Å². The number of nitrogens with two attached hydrogens (primary N) is 1. The van der Waals surface area contributed by atoms with Crippen LogP contribution in [0.5, 0.6) is 0 Å². The molecule has 64 valence electrons. The molecule has 2 nitrogen and oxygen atoms in total. The van der Waals surface area contributed by atoms with Crippen molar-refractivity contribution in [3.8, 4) is 0 Å². The van der Waals surface area contributed by atoms with Crippen molar-refractivity contribution in [3.63, 3.8) is 0 Å². The highest BCUT2D eigenvalue weighted by Gasteiger charge is 2.35. The molecule has 0 bridgehead atoms. The Bertz CT molecular complexity index is 149. The minimum Gasteiger partial charge on any atom is -0.376 e. The van der Waals surface area contributed by atoms with Crippen molar-refractivity contribution in [3.05, 3.63) is 0 Å². The maximum Gasteiger partial charge on any atom is 0.163 e. The zero-order valence-corrected chi connectivity index (χ0v) is 8.36. The van der Waals surface area contributed by atoms with Crippen LogP contribution in [0.25, 0.3) is 0 Å². The lowest BCUT2D eigenvalue weighted by atomic mass is 9.84. The van der Waals surface area contributed by atoms with Crippen molar-refractivity contribution in [1.29, 1.82) is 0 Å². The van der Waals surface area contributed by atoms with Crippen LogP contribution in [0, 0.1) is 0 Å². The minimum absolute atomic E-state index is 0.422. The molecule has 0 saturated heterocycles. The first-order chi connectivity index (χ1) is 5.18. The highest BCUT2D eigenvalue weighted by atomic mass is 32.2. The lowest BCUT2D eigenvalue weighted by Gasteiger charge is -2.40. The zero-order valence-electron chi connectivity index (χ0n) is 6.72. The summed E-state index contributed by atoms with van der Waals surface area (Å²) in [5, 5.41) is 3.45. The molecule has 0 aromatic heterocycles. The minimum atomic E-state index is 0.422. The number of thioether (sulfide) groups is 1. The van der Waals surface area contributed by atoms with Crippen molar-refractivity contribution in [2.45, 2.75) is 24.0 Å². The Hall–Kier alpha value is 0.0400. The van der Waals surface area contributed by atoms with Crippen LogP contribution in [-0.2, 0) is 0 Å². The first-order valence-corrected chi connectivity index (χ1v) is 5.40. The first kappa shape index (κ1) is 9.13. The van der Waals surface area contributed by atoms with Crippen LogP contribution in [0.2, 0.25) is 0 Å². The molecule has 11 heavy (non-hydrogen) atoms. The maximum absolute atomic E-state index is 5.34. The third-order valence-corrected chi connectivity index (χ3v) is 3.85. The van der Waals surface area contributed by atoms with Crippen LogP contribution in [-0.4, -0.2) is 22.7 Å². The van der Waals surface area contributed by atoms with E-state index >= 15 is 0 Å². The number of hydrogen-bond donors (Lipinski definition) is 2. The second kappa shape index (κ2) is 3.63. The zero-order chi connectivity index (χ0) is 8.32. The summed E-state index contributed by atoms with van der Waals surface area (Å²) in [5.41, 5.74) is 5.34. The molecule has 0 amide bonds. The second-order valence-electron chi connectivity index (χ2n) is 2.96. The third-order valence-electron chi connectivity index (χ3n) is 2.28. The Balaban J connectivity index is 2.27. The monoisotopic (exact) mass is 190 g/mol. The molecule has 1 aliphatic rings. The fourth-order valence-electron chi connectivity index (χ4n) is 1.27. The third kappa shape index (κ3) is 2.24. The van der Waals surface area contributed by atoms with E-state index < -0.39 is 0 Å².